The van der Waals surface area contributed by atoms with E-state index < -0.39 is 0 Å². The Labute approximate surface area is 218 Å². The monoisotopic (exact) mass is 494 g/mol. The lowest BCUT2D eigenvalue weighted by Gasteiger charge is -2.21. The van der Waals surface area contributed by atoms with Gasteiger partial charge in [0.05, 0.1) is 19.4 Å². The Kier molecular flexibility index (Phi) is 14.6. The second-order valence-corrected chi connectivity index (χ2v) is 9.35. The maximum Gasteiger partial charge on any atom is 0.168 e. The molecule has 0 spiro atoms. The van der Waals surface area contributed by atoms with E-state index in [-0.39, 0.29) is 5.78 Å². The topological polar surface area (TPSA) is 51.1 Å². The van der Waals surface area contributed by atoms with E-state index in [1.165, 1.54) is 38.8 Å². The molecule has 0 radical (unpaired) electrons. The number of rotatable bonds is 19. The highest BCUT2D eigenvalue weighted by Crippen LogP contribution is 2.20. The number of Topliss-reactive ketones (excluding diaryl/α,β-unsaturated/α-hetero) is 1. The molecule has 0 saturated heterocycles. The molecule has 0 amide bonds. The highest BCUT2D eigenvalue weighted by atomic mass is 16.5. The van der Waals surface area contributed by atoms with Crippen LogP contribution in [0.5, 0.6) is 11.5 Å². The summed E-state index contributed by atoms with van der Waals surface area (Å²) in [6.45, 7) is 10.8. The van der Waals surface area contributed by atoms with Gasteiger partial charge >= 0.3 is 0 Å². The number of aliphatic imine (C=N–C) groups is 1. The van der Waals surface area contributed by atoms with Gasteiger partial charge in [0.15, 0.2) is 5.78 Å². The van der Waals surface area contributed by atoms with E-state index >= 15 is 0 Å². The van der Waals surface area contributed by atoms with Gasteiger partial charge in [0.1, 0.15) is 11.5 Å². The molecule has 0 aliphatic rings. The van der Waals surface area contributed by atoms with Crippen molar-refractivity contribution in [1.29, 1.82) is 0 Å². The molecule has 0 fully saturated rings. The van der Waals surface area contributed by atoms with E-state index in [1.807, 2.05) is 48.5 Å². The number of unbranched alkanes of at least 4 members (excludes halogenated alkanes) is 3. The molecule has 0 atom stereocenters. The van der Waals surface area contributed by atoms with Gasteiger partial charge < -0.3 is 14.4 Å². The lowest BCUT2D eigenvalue weighted by atomic mass is 10.0. The molecule has 2 rings (SSSR count). The predicted molar refractivity (Wildman–Crippen MR) is 151 cm³/mol. The second-order valence-electron chi connectivity index (χ2n) is 9.35. The van der Waals surface area contributed by atoms with Gasteiger partial charge in [-0.05, 0) is 93.7 Å². The normalized spacial score (nSPS) is 11.6. The molecule has 2 aromatic carbocycles. The number of hydrogen-bond acceptors (Lipinski definition) is 5. The molecule has 0 bridgehead atoms. The third-order valence-electron chi connectivity index (χ3n) is 6.26. The molecule has 5 nitrogen and oxygen atoms in total. The summed E-state index contributed by atoms with van der Waals surface area (Å²) in [7, 11) is 1.65. The van der Waals surface area contributed by atoms with E-state index in [0.717, 1.165) is 55.1 Å². The van der Waals surface area contributed by atoms with Crippen LogP contribution in [0.15, 0.2) is 53.5 Å². The fourth-order valence-electron chi connectivity index (χ4n) is 4.01. The molecule has 0 saturated carbocycles. The zero-order chi connectivity index (χ0) is 26.0. The summed E-state index contributed by atoms with van der Waals surface area (Å²) in [6, 6.07) is 15.2. The number of carbonyl (C=O) groups is 1. The number of carbonyl (C=O) groups excluding carboxylic acids is 1. The number of benzene rings is 2. The van der Waals surface area contributed by atoms with E-state index in [0.29, 0.717) is 18.6 Å². The van der Waals surface area contributed by atoms with E-state index in [9.17, 15) is 4.79 Å². The molecule has 0 aromatic heterocycles. The molecule has 0 N–H and O–H groups in total. The quantitative estimate of drug-likeness (QED) is 0.113. The highest BCUT2D eigenvalue weighted by molar-refractivity contribution is 6.10. The average Bonchev–Trinajstić information content (AvgIpc) is 2.91. The zero-order valence-corrected chi connectivity index (χ0v) is 22.9. The molecule has 2 aromatic rings. The van der Waals surface area contributed by atoms with Gasteiger partial charge in [-0.25, -0.2) is 0 Å². The van der Waals surface area contributed by atoms with Gasteiger partial charge in [0.2, 0.25) is 0 Å². The van der Waals surface area contributed by atoms with E-state index in [4.69, 9.17) is 14.5 Å². The third kappa shape index (κ3) is 11.4. The van der Waals surface area contributed by atoms with Gasteiger partial charge in [-0.1, -0.05) is 40.0 Å². The van der Waals surface area contributed by atoms with Crippen molar-refractivity contribution in [3.05, 3.63) is 54.1 Å². The van der Waals surface area contributed by atoms with Crippen LogP contribution in [-0.2, 0) is 0 Å². The van der Waals surface area contributed by atoms with Crippen molar-refractivity contribution in [1.82, 2.24) is 4.90 Å². The Hall–Kier alpha value is -2.66. The summed E-state index contributed by atoms with van der Waals surface area (Å²) in [6.07, 6.45) is 9.23. The van der Waals surface area contributed by atoms with Crippen molar-refractivity contribution in [2.45, 2.75) is 78.6 Å². The van der Waals surface area contributed by atoms with Crippen LogP contribution in [0.1, 0.15) is 88.9 Å². The summed E-state index contributed by atoms with van der Waals surface area (Å²) in [5, 5.41) is 0. The standard InChI is InChI=1S/C31H46N2O3/c1-5-8-12-28(32-27-15-19-29(35-4)20-16-27)25-31(34)26-13-17-30(18-14-26)36-24-11-23-33(21-9-6-2)22-10-7-3/h13-20H,5-12,21-25H2,1-4H3. The lowest BCUT2D eigenvalue weighted by Crippen LogP contribution is -2.28. The molecule has 0 aliphatic heterocycles. The van der Waals surface area contributed by atoms with E-state index in [1.54, 1.807) is 7.11 Å². The molecule has 0 aliphatic carbocycles. The van der Waals surface area contributed by atoms with E-state index in [2.05, 4.69) is 25.7 Å². The summed E-state index contributed by atoms with van der Waals surface area (Å²) in [5.74, 6) is 1.71. The minimum Gasteiger partial charge on any atom is -0.497 e. The Bertz CT molecular complexity index is 883. The van der Waals surface area contributed by atoms with Crippen molar-refractivity contribution in [3.8, 4) is 11.5 Å². The number of ether oxygens (including phenoxy) is 2. The summed E-state index contributed by atoms with van der Waals surface area (Å²) < 4.78 is 11.2. The van der Waals surface area contributed by atoms with Gasteiger partial charge in [0, 0.05) is 24.2 Å². The first-order valence-electron chi connectivity index (χ1n) is 13.8. The Morgan fingerprint density at radius 2 is 1.36 bits per heavy atom. The molecule has 5 heteroatoms. The van der Waals surface area contributed by atoms with Gasteiger partial charge in [-0.15, -0.1) is 0 Å². The molecular weight excluding hydrogens is 448 g/mol. The average molecular weight is 495 g/mol. The largest absolute Gasteiger partial charge is 0.497 e. The van der Waals surface area contributed by atoms with Gasteiger partial charge in [-0.2, -0.15) is 0 Å². The van der Waals surface area contributed by atoms with Crippen LogP contribution in [-0.4, -0.2) is 49.7 Å². The first kappa shape index (κ1) is 29.6. The zero-order valence-electron chi connectivity index (χ0n) is 22.9. The van der Waals surface area contributed by atoms with Crippen LogP contribution in [0.3, 0.4) is 0 Å². The lowest BCUT2D eigenvalue weighted by molar-refractivity contribution is 0.1000. The first-order chi connectivity index (χ1) is 17.6. The Balaban J connectivity index is 1.88. The summed E-state index contributed by atoms with van der Waals surface area (Å²) in [4.78, 5) is 20.3. The Morgan fingerprint density at radius 3 is 1.94 bits per heavy atom. The molecule has 0 heterocycles. The van der Waals surface area contributed by atoms with Crippen LogP contribution in [0.4, 0.5) is 5.69 Å². The maximum atomic E-state index is 13.0. The van der Waals surface area contributed by atoms with Crippen molar-refractivity contribution in [2.24, 2.45) is 4.99 Å². The van der Waals surface area contributed by atoms with Gasteiger partial charge in [-0.3, -0.25) is 9.79 Å². The molecule has 36 heavy (non-hydrogen) atoms. The van der Waals surface area contributed by atoms with Crippen LogP contribution in [0.25, 0.3) is 0 Å². The highest BCUT2D eigenvalue weighted by Gasteiger charge is 2.11. The number of hydrogen-bond donors (Lipinski definition) is 0. The van der Waals surface area contributed by atoms with Crippen molar-refractivity contribution in [3.63, 3.8) is 0 Å². The van der Waals surface area contributed by atoms with Crippen LogP contribution in [0.2, 0.25) is 0 Å². The van der Waals surface area contributed by atoms with Crippen LogP contribution >= 0.6 is 0 Å². The molecule has 0 unspecified atom stereocenters. The summed E-state index contributed by atoms with van der Waals surface area (Å²) in [5.41, 5.74) is 2.47. The first-order valence-corrected chi connectivity index (χ1v) is 13.8. The fraction of sp³-hybridized carbons (Fsp3) is 0.548. The number of ketones is 1. The van der Waals surface area contributed by atoms with Crippen molar-refractivity contribution < 1.29 is 14.3 Å². The number of nitrogens with zero attached hydrogens (tertiary/aromatic N) is 2. The molecular formula is C31H46N2O3. The van der Waals surface area contributed by atoms with Gasteiger partial charge in [0.25, 0.3) is 0 Å². The summed E-state index contributed by atoms with van der Waals surface area (Å²) >= 11 is 0. The smallest absolute Gasteiger partial charge is 0.168 e. The van der Waals surface area contributed by atoms with Crippen LogP contribution < -0.4 is 9.47 Å². The van der Waals surface area contributed by atoms with Crippen molar-refractivity contribution in [2.75, 3.05) is 33.4 Å². The maximum absolute atomic E-state index is 13.0. The molecule has 198 valence electrons. The Morgan fingerprint density at radius 1 is 0.778 bits per heavy atom. The minimum absolute atomic E-state index is 0.0902. The van der Waals surface area contributed by atoms with Crippen molar-refractivity contribution >= 4 is 17.2 Å². The fourth-order valence-corrected chi connectivity index (χ4v) is 4.01. The second kappa shape index (κ2) is 17.7. The predicted octanol–water partition coefficient (Wildman–Crippen LogP) is 7.90. The SMILES string of the molecule is CCCCC(CC(=O)c1ccc(OCCCN(CCCC)CCCC)cc1)=Nc1ccc(OC)cc1. The number of methoxy groups -OCH3 is 1. The van der Waals surface area contributed by atoms with Crippen LogP contribution in [0, 0.1) is 0 Å². The minimum atomic E-state index is 0.0902. The third-order valence-corrected chi connectivity index (χ3v) is 6.26.